The van der Waals surface area contributed by atoms with Crippen LogP contribution in [0.5, 0.6) is 0 Å². The van der Waals surface area contributed by atoms with Crippen molar-refractivity contribution in [1.82, 2.24) is 14.9 Å². The quantitative estimate of drug-likeness (QED) is 0.135. The van der Waals surface area contributed by atoms with E-state index in [0.717, 1.165) is 119 Å². The Labute approximate surface area is 331 Å². The lowest BCUT2D eigenvalue weighted by molar-refractivity contribution is 0.0699. The molecule has 56 heavy (non-hydrogen) atoms. The Morgan fingerprint density at radius 3 is 2.23 bits per heavy atom. The smallest absolute Gasteiger partial charge is 0.287 e. The topological polar surface area (TPSA) is 133 Å². The summed E-state index contributed by atoms with van der Waals surface area (Å²) in [6, 6.07) is 24.1. The number of rotatable bonds is 12. The van der Waals surface area contributed by atoms with Crippen molar-refractivity contribution < 1.29 is 27.2 Å². The lowest BCUT2D eigenvalue weighted by Crippen LogP contribution is -2.46. The highest BCUT2D eigenvalue weighted by Crippen LogP contribution is 2.29. The molecule has 3 aromatic carbocycles. The Bertz CT molecular complexity index is 2040. The first-order chi connectivity index (χ1) is 27.2. The predicted octanol–water partition coefficient (Wildman–Crippen LogP) is 7.38. The molecule has 3 N–H and O–H groups in total. The molecule has 7 rings (SSSR count). The standard InChI is InChI=1S/C44H55N5O6S/c1-32-29-38(17-18-40(32)45-30-33-21-27-54-28-22-33)56(52,53)47-43(50)34-13-15-37(16-14-34)49-25-23-48(24-26-49)31-35-9-7-8-12-39(35)41-19-20-42(55-41)44(51)46-36-10-5-3-2-4-6-11-36/h7-9,12-20,29,33,36,45H,2-6,10-11,21-28,30-31H2,1H3,(H,46,51)(H,47,50). The molecule has 3 aliphatic rings. The summed E-state index contributed by atoms with van der Waals surface area (Å²) in [5.74, 6) is 0.769. The lowest BCUT2D eigenvalue weighted by Gasteiger charge is -2.36. The minimum absolute atomic E-state index is 0.0499. The maximum Gasteiger partial charge on any atom is 0.287 e. The molecular weight excluding hydrogens is 727 g/mol. The van der Waals surface area contributed by atoms with Crippen LogP contribution in [0.4, 0.5) is 11.4 Å². The number of nitrogens with zero attached hydrogens (tertiary/aromatic N) is 2. The molecule has 1 saturated carbocycles. The Morgan fingerprint density at radius 2 is 1.50 bits per heavy atom. The third-order valence-electron chi connectivity index (χ3n) is 11.5. The van der Waals surface area contributed by atoms with E-state index in [0.29, 0.717) is 17.4 Å². The number of carbonyl (C=O) groups is 2. The summed E-state index contributed by atoms with van der Waals surface area (Å²) in [4.78, 5) is 30.9. The molecule has 0 unspecified atom stereocenters. The molecule has 1 aromatic heterocycles. The highest BCUT2D eigenvalue weighted by molar-refractivity contribution is 7.90. The highest BCUT2D eigenvalue weighted by Gasteiger charge is 2.24. The molecule has 2 saturated heterocycles. The van der Waals surface area contributed by atoms with Gasteiger partial charge in [-0.15, -0.1) is 0 Å². The molecular formula is C44H55N5O6S. The summed E-state index contributed by atoms with van der Waals surface area (Å²) in [6.45, 7) is 8.25. The van der Waals surface area contributed by atoms with E-state index in [2.05, 4.69) is 31.2 Å². The number of ether oxygens (including phenoxy) is 1. The number of piperazine rings is 1. The number of carbonyl (C=O) groups excluding carboxylic acids is 2. The van der Waals surface area contributed by atoms with E-state index in [4.69, 9.17) is 9.15 Å². The third kappa shape index (κ3) is 10.2. The molecule has 2 aliphatic heterocycles. The van der Waals surface area contributed by atoms with Gasteiger partial charge >= 0.3 is 0 Å². The van der Waals surface area contributed by atoms with E-state index in [1.165, 1.54) is 25.3 Å². The number of amides is 2. The SMILES string of the molecule is Cc1cc(S(=O)(=O)NC(=O)c2ccc(N3CCN(Cc4ccccc4-c4ccc(C(=O)NC5CCCCCCC5)o4)CC3)cc2)ccc1NCC1CCOCC1. The number of aryl methyl sites for hydroxylation is 1. The molecule has 12 heteroatoms. The van der Waals surface area contributed by atoms with Crippen LogP contribution in [-0.4, -0.2) is 77.1 Å². The summed E-state index contributed by atoms with van der Waals surface area (Å²) in [5.41, 5.74) is 5.06. The van der Waals surface area contributed by atoms with Crippen LogP contribution in [-0.2, 0) is 21.3 Å². The molecule has 2 amide bonds. The summed E-state index contributed by atoms with van der Waals surface area (Å²) in [6.07, 6.45) is 10.1. The molecule has 4 aromatic rings. The summed E-state index contributed by atoms with van der Waals surface area (Å²) in [5, 5.41) is 6.65. The highest BCUT2D eigenvalue weighted by atomic mass is 32.2. The van der Waals surface area contributed by atoms with Crippen LogP contribution in [0.3, 0.4) is 0 Å². The number of benzene rings is 3. The molecule has 1 aliphatic carbocycles. The molecule has 0 radical (unpaired) electrons. The monoisotopic (exact) mass is 781 g/mol. The van der Waals surface area contributed by atoms with Gasteiger partial charge in [-0.1, -0.05) is 56.4 Å². The van der Waals surface area contributed by atoms with Gasteiger partial charge in [0.15, 0.2) is 5.76 Å². The Balaban J connectivity index is 0.897. The van der Waals surface area contributed by atoms with E-state index < -0.39 is 15.9 Å². The third-order valence-corrected chi connectivity index (χ3v) is 12.8. The van der Waals surface area contributed by atoms with Crippen molar-refractivity contribution in [3.63, 3.8) is 0 Å². The van der Waals surface area contributed by atoms with Crippen LogP contribution in [0, 0.1) is 12.8 Å². The van der Waals surface area contributed by atoms with Crippen LogP contribution in [0.15, 0.2) is 88.2 Å². The zero-order valence-corrected chi connectivity index (χ0v) is 33.2. The van der Waals surface area contributed by atoms with Gasteiger partial charge in [-0.3, -0.25) is 14.5 Å². The van der Waals surface area contributed by atoms with Crippen molar-refractivity contribution >= 4 is 33.2 Å². The fourth-order valence-electron chi connectivity index (χ4n) is 8.04. The Hall–Kier alpha value is -4.65. The number of hydrogen-bond donors (Lipinski definition) is 3. The van der Waals surface area contributed by atoms with Gasteiger partial charge in [-0.05, 0) is 104 Å². The summed E-state index contributed by atoms with van der Waals surface area (Å²) >= 11 is 0. The fourth-order valence-corrected chi connectivity index (χ4v) is 9.09. The van der Waals surface area contributed by atoms with Crippen molar-refractivity contribution in [2.24, 2.45) is 5.92 Å². The van der Waals surface area contributed by atoms with Crippen LogP contribution < -0.4 is 20.3 Å². The van der Waals surface area contributed by atoms with Crippen LogP contribution in [0.1, 0.15) is 89.8 Å². The minimum Gasteiger partial charge on any atom is -0.451 e. The fraction of sp³-hybridized carbons (Fsp3) is 0.455. The second-order valence-electron chi connectivity index (χ2n) is 15.5. The maximum atomic E-state index is 13.2. The van der Waals surface area contributed by atoms with E-state index in [9.17, 15) is 18.0 Å². The first kappa shape index (κ1) is 39.6. The van der Waals surface area contributed by atoms with E-state index in [1.807, 2.05) is 43.3 Å². The molecule has 0 spiro atoms. The summed E-state index contributed by atoms with van der Waals surface area (Å²) < 4.78 is 40.2. The van der Waals surface area contributed by atoms with Crippen molar-refractivity contribution in [3.8, 4) is 11.3 Å². The van der Waals surface area contributed by atoms with Crippen molar-refractivity contribution in [3.05, 3.63) is 101 Å². The van der Waals surface area contributed by atoms with Gasteiger partial charge in [0, 0.05) is 81.0 Å². The van der Waals surface area contributed by atoms with Gasteiger partial charge in [0.1, 0.15) is 5.76 Å². The van der Waals surface area contributed by atoms with Gasteiger partial charge in [0.05, 0.1) is 4.90 Å². The van der Waals surface area contributed by atoms with Gasteiger partial charge in [0.2, 0.25) is 0 Å². The van der Waals surface area contributed by atoms with Gasteiger partial charge < -0.3 is 24.7 Å². The zero-order valence-electron chi connectivity index (χ0n) is 32.4. The Morgan fingerprint density at radius 1 is 0.786 bits per heavy atom. The average Bonchev–Trinajstić information content (AvgIpc) is 3.70. The number of hydrogen-bond acceptors (Lipinski definition) is 9. The summed E-state index contributed by atoms with van der Waals surface area (Å²) in [7, 11) is -4.06. The zero-order chi connectivity index (χ0) is 38.9. The van der Waals surface area contributed by atoms with Crippen molar-refractivity contribution in [1.29, 1.82) is 0 Å². The average molecular weight is 782 g/mol. The molecule has 3 fully saturated rings. The first-order valence-electron chi connectivity index (χ1n) is 20.3. The van der Waals surface area contributed by atoms with E-state index in [-0.39, 0.29) is 22.4 Å². The molecule has 0 atom stereocenters. The maximum absolute atomic E-state index is 13.2. The number of anilines is 2. The van der Waals surface area contributed by atoms with Crippen LogP contribution in [0.25, 0.3) is 11.3 Å². The van der Waals surface area contributed by atoms with E-state index >= 15 is 0 Å². The largest absolute Gasteiger partial charge is 0.451 e. The lowest BCUT2D eigenvalue weighted by atomic mass is 9.97. The van der Waals surface area contributed by atoms with Gasteiger partial charge in [-0.2, -0.15) is 0 Å². The first-order valence-corrected chi connectivity index (χ1v) is 21.8. The molecule has 298 valence electrons. The van der Waals surface area contributed by atoms with Crippen LogP contribution >= 0.6 is 0 Å². The van der Waals surface area contributed by atoms with Gasteiger partial charge in [0.25, 0.3) is 21.8 Å². The normalized spacial score (nSPS) is 17.8. The van der Waals surface area contributed by atoms with Crippen molar-refractivity contribution in [2.75, 3.05) is 56.2 Å². The van der Waals surface area contributed by atoms with Gasteiger partial charge in [-0.25, -0.2) is 13.1 Å². The number of furan rings is 1. The number of nitrogens with one attached hydrogen (secondary N) is 3. The number of sulfonamides is 1. The second kappa shape index (κ2) is 18.5. The second-order valence-corrected chi connectivity index (χ2v) is 17.2. The molecule has 11 nitrogen and oxygen atoms in total. The Kier molecular flexibility index (Phi) is 13.1. The molecule has 3 heterocycles. The van der Waals surface area contributed by atoms with Crippen LogP contribution in [0.2, 0.25) is 0 Å². The van der Waals surface area contributed by atoms with Crippen molar-refractivity contribution in [2.45, 2.75) is 82.2 Å². The van der Waals surface area contributed by atoms with E-state index in [1.54, 1.807) is 30.3 Å². The molecule has 0 bridgehead atoms. The predicted molar refractivity (Wildman–Crippen MR) is 220 cm³/mol. The minimum atomic E-state index is -4.06.